The van der Waals surface area contributed by atoms with Crippen molar-refractivity contribution in [1.82, 2.24) is 24.8 Å². The van der Waals surface area contributed by atoms with E-state index < -0.39 is 0 Å². The molecule has 2 aliphatic rings. The third-order valence-electron chi connectivity index (χ3n) is 4.58. The van der Waals surface area contributed by atoms with Crippen LogP contribution in [-0.2, 0) is 6.54 Å². The summed E-state index contributed by atoms with van der Waals surface area (Å²) in [6, 6.07) is 2.83. The molecule has 2 atom stereocenters. The highest BCUT2D eigenvalue weighted by atomic mass is 32.1. The lowest BCUT2D eigenvalue weighted by Gasteiger charge is -2.29. The fourth-order valence-electron chi connectivity index (χ4n) is 3.63. The Kier molecular flexibility index (Phi) is 3.48. The molecule has 2 saturated heterocycles. The lowest BCUT2D eigenvalue weighted by atomic mass is 10.0. The van der Waals surface area contributed by atoms with Crippen LogP contribution in [0.15, 0.2) is 16.4 Å². The number of hydrogen-bond donors (Lipinski definition) is 1. The molecule has 4 rings (SSSR count). The summed E-state index contributed by atoms with van der Waals surface area (Å²) in [5.74, 6) is 0. The number of aromatic nitrogens is 3. The van der Waals surface area contributed by atoms with Crippen molar-refractivity contribution in [3.8, 4) is 0 Å². The first kappa shape index (κ1) is 13.4. The van der Waals surface area contributed by atoms with Gasteiger partial charge in [0.25, 0.3) is 5.56 Å². The van der Waals surface area contributed by atoms with E-state index in [-0.39, 0.29) is 5.56 Å². The minimum absolute atomic E-state index is 0.0778. The Hall–Kier alpha value is -1.31. The second-order valence-corrected chi connectivity index (χ2v) is 6.71. The van der Waals surface area contributed by atoms with E-state index in [1.165, 1.54) is 41.5 Å². The topological polar surface area (TPSA) is 62.5 Å². The van der Waals surface area contributed by atoms with Gasteiger partial charge in [0, 0.05) is 24.7 Å². The van der Waals surface area contributed by atoms with Gasteiger partial charge in [-0.25, -0.2) is 4.98 Å². The maximum Gasteiger partial charge on any atom is 0.275 e. The van der Waals surface area contributed by atoms with Crippen LogP contribution in [0.2, 0.25) is 0 Å². The van der Waals surface area contributed by atoms with Crippen molar-refractivity contribution < 1.29 is 0 Å². The number of nitrogens with zero attached hydrogens (tertiary/aromatic N) is 4. The highest BCUT2D eigenvalue weighted by Crippen LogP contribution is 2.26. The van der Waals surface area contributed by atoms with Gasteiger partial charge >= 0.3 is 0 Å². The highest BCUT2D eigenvalue weighted by molar-refractivity contribution is 7.14. The summed E-state index contributed by atoms with van der Waals surface area (Å²) in [5.41, 5.74) is 2.45. The van der Waals surface area contributed by atoms with Crippen LogP contribution in [0.4, 0.5) is 0 Å². The zero-order chi connectivity index (χ0) is 14.2. The van der Waals surface area contributed by atoms with Crippen LogP contribution in [0.1, 0.15) is 31.4 Å². The molecule has 112 valence electrons. The van der Waals surface area contributed by atoms with Crippen LogP contribution in [-0.4, -0.2) is 44.7 Å². The van der Waals surface area contributed by atoms with Crippen molar-refractivity contribution in [2.24, 2.45) is 0 Å². The van der Waals surface area contributed by atoms with Gasteiger partial charge in [-0.05, 0) is 38.8 Å². The number of likely N-dealkylation sites (tertiary alicyclic amines) is 1. The minimum Gasteiger partial charge on any atom is -0.312 e. The zero-order valence-electron chi connectivity index (χ0n) is 11.9. The first-order valence-electron chi connectivity index (χ1n) is 7.61. The second kappa shape index (κ2) is 5.47. The number of hydrogen-bond acceptors (Lipinski definition) is 6. The third kappa shape index (κ3) is 2.49. The Morgan fingerprint density at radius 2 is 2.33 bits per heavy atom. The minimum atomic E-state index is -0.0778. The Bertz CT molecular complexity index is 690. The smallest absolute Gasteiger partial charge is 0.275 e. The molecule has 2 unspecified atom stereocenters. The van der Waals surface area contributed by atoms with Crippen molar-refractivity contribution in [2.75, 3.05) is 13.1 Å². The second-order valence-electron chi connectivity index (χ2n) is 5.90. The monoisotopic (exact) mass is 305 g/mol. The SMILES string of the molecule is O=c1cc(CN2CCCC2C2CCCN2)nc2scnn12. The fraction of sp³-hybridized carbons (Fsp3) is 0.643. The molecule has 7 heteroatoms. The molecule has 0 saturated carbocycles. The molecule has 2 fully saturated rings. The van der Waals surface area contributed by atoms with Gasteiger partial charge in [-0.1, -0.05) is 11.3 Å². The van der Waals surface area contributed by atoms with Crippen molar-refractivity contribution in [1.29, 1.82) is 0 Å². The summed E-state index contributed by atoms with van der Waals surface area (Å²) in [7, 11) is 0. The molecule has 0 bridgehead atoms. The predicted octanol–water partition coefficient (Wildman–Crippen LogP) is 0.867. The molecule has 21 heavy (non-hydrogen) atoms. The third-order valence-corrected chi connectivity index (χ3v) is 5.26. The quantitative estimate of drug-likeness (QED) is 0.911. The first-order chi connectivity index (χ1) is 10.3. The van der Waals surface area contributed by atoms with Crippen molar-refractivity contribution in [3.63, 3.8) is 0 Å². The van der Waals surface area contributed by atoms with E-state index in [1.807, 2.05) is 0 Å². The van der Waals surface area contributed by atoms with E-state index in [9.17, 15) is 4.79 Å². The van der Waals surface area contributed by atoms with Gasteiger partial charge in [0.15, 0.2) is 0 Å². The summed E-state index contributed by atoms with van der Waals surface area (Å²) < 4.78 is 1.37. The van der Waals surface area contributed by atoms with Gasteiger partial charge in [0.05, 0.1) is 5.69 Å². The lowest BCUT2D eigenvalue weighted by Crippen LogP contribution is -2.43. The van der Waals surface area contributed by atoms with Gasteiger partial charge < -0.3 is 5.32 Å². The van der Waals surface area contributed by atoms with E-state index in [1.54, 1.807) is 11.6 Å². The van der Waals surface area contributed by atoms with Crippen LogP contribution in [0.25, 0.3) is 4.96 Å². The van der Waals surface area contributed by atoms with Crippen LogP contribution in [0, 0.1) is 0 Å². The summed E-state index contributed by atoms with van der Waals surface area (Å²) in [4.78, 5) is 19.8. The average molecular weight is 305 g/mol. The van der Waals surface area contributed by atoms with Crippen LogP contribution >= 0.6 is 11.3 Å². The molecule has 2 aromatic heterocycles. The Labute approximate surface area is 126 Å². The summed E-state index contributed by atoms with van der Waals surface area (Å²) in [5, 5.41) is 7.62. The summed E-state index contributed by atoms with van der Waals surface area (Å²) in [6.07, 6.45) is 5.04. The summed E-state index contributed by atoms with van der Waals surface area (Å²) in [6.45, 7) is 3.01. The number of nitrogens with one attached hydrogen (secondary N) is 1. The Morgan fingerprint density at radius 3 is 3.19 bits per heavy atom. The van der Waals surface area contributed by atoms with Gasteiger partial charge in [-0.15, -0.1) is 0 Å². The fourth-order valence-corrected chi connectivity index (χ4v) is 4.28. The van der Waals surface area contributed by atoms with E-state index in [2.05, 4.69) is 20.3 Å². The van der Waals surface area contributed by atoms with Gasteiger partial charge in [0.1, 0.15) is 5.51 Å². The molecular weight excluding hydrogens is 286 g/mol. The molecule has 2 aliphatic heterocycles. The largest absolute Gasteiger partial charge is 0.312 e. The Morgan fingerprint density at radius 1 is 1.38 bits per heavy atom. The molecule has 0 aromatic carbocycles. The molecule has 2 aromatic rings. The zero-order valence-corrected chi connectivity index (χ0v) is 12.7. The molecule has 1 N–H and O–H groups in total. The van der Waals surface area contributed by atoms with Gasteiger partial charge in [0.2, 0.25) is 4.96 Å². The summed E-state index contributed by atoms with van der Waals surface area (Å²) >= 11 is 1.41. The maximum atomic E-state index is 12.0. The number of fused-ring (bicyclic) bond motifs is 1. The lowest BCUT2D eigenvalue weighted by molar-refractivity contribution is 0.204. The molecule has 0 amide bonds. The van der Waals surface area contributed by atoms with E-state index in [0.29, 0.717) is 17.0 Å². The van der Waals surface area contributed by atoms with Crippen molar-refractivity contribution >= 4 is 16.3 Å². The van der Waals surface area contributed by atoms with Crippen LogP contribution in [0.5, 0.6) is 0 Å². The number of rotatable bonds is 3. The predicted molar refractivity (Wildman–Crippen MR) is 81.6 cm³/mol. The molecule has 0 radical (unpaired) electrons. The first-order valence-corrected chi connectivity index (χ1v) is 8.49. The van der Waals surface area contributed by atoms with Crippen LogP contribution < -0.4 is 10.9 Å². The van der Waals surface area contributed by atoms with Crippen molar-refractivity contribution in [2.45, 2.75) is 44.3 Å². The Balaban J connectivity index is 1.57. The molecule has 6 nitrogen and oxygen atoms in total. The molecule has 4 heterocycles. The van der Waals surface area contributed by atoms with Crippen molar-refractivity contribution in [3.05, 3.63) is 27.6 Å². The maximum absolute atomic E-state index is 12.0. The molecule has 0 spiro atoms. The van der Waals surface area contributed by atoms with Gasteiger partial charge in [-0.2, -0.15) is 9.61 Å². The van der Waals surface area contributed by atoms with E-state index in [0.717, 1.165) is 25.3 Å². The average Bonchev–Trinajstić information content (AvgIpc) is 3.19. The molecule has 0 aliphatic carbocycles. The van der Waals surface area contributed by atoms with E-state index >= 15 is 0 Å². The van der Waals surface area contributed by atoms with Gasteiger partial charge in [-0.3, -0.25) is 9.69 Å². The normalized spacial score (nSPS) is 26.9. The standard InChI is InChI=1S/C14H19N5OS/c20-13-7-10(17-14-19(13)16-9-21-14)8-18-6-2-4-12(18)11-3-1-5-15-11/h7,9,11-12,15H,1-6,8H2. The molecular formula is C14H19N5OS. The van der Waals surface area contributed by atoms with E-state index in [4.69, 9.17) is 0 Å². The van der Waals surface area contributed by atoms with Crippen LogP contribution in [0.3, 0.4) is 0 Å². The highest BCUT2D eigenvalue weighted by Gasteiger charge is 2.33.